The zero-order chi connectivity index (χ0) is 15.4. The number of carbonyl (C=O) groups excluding carboxylic acids is 1. The molecule has 8 heteroatoms. The highest BCUT2D eigenvalue weighted by molar-refractivity contribution is 5.95. The van der Waals surface area contributed by atoms with Crippen molar-refractivity contribution in [3.05, 3.63) is 47.7 Å². The molecule has 0 radical (unpaired) electrons. The van der Waals surface area contributed by atoms with Crippen LogP contribution in [0.15, 0.2) is 45.9 Å². The Hall–Kier alpha value is -3.29. The molecule has 0 saturated carbocycles. The van der Waals surface area contributed by atoms with Gasteiger partial charge in [-0.1, -0.05) is 23.3 Å². The average molecular weight is 296 g/mol. The van der Waals surface area contributed by atoms with Crippen LogP contribution in [0.1, 0.15) is 23.0 Å². The average Bonchev–Trinajstić information content (AvgIpc) is 3.19. The van der Waals surface area contributed by atoms with Gasteiger partial charge in [-0.3, -0.25) is 4.79 Å². The molecule has 0 aliphatic carbocycles. The van der Waals surface area contributed by atoms with Crippen LogP contribution in [0.4, 0.5) is 5.95 Å². The number of anilines is 1. The Labute approximate surface area is 125 Å². The molecule has 2 aromatic heterocycles. The molecule has 0 unspecified atom stereocenters. The first-order valence-electron chi connectivity index (χ1n) is 6.46. The molecule has 0 aliphatic heterocycles. The summed E-state index contributed by atoms with van der Waals surface area (Å²) in [5.41, 5.74) is 4.07. The number of benzene rings is 1. The maximum absolute atomic E-state index is 11.4. The van der Waals surface area contributed by atoms with E-state index in [1.54, 1.807) is 18.2 Å². The second-order valence-electron chi connectivity index (χ2n) is 4.44. The minimum absolute atomic E-state index is 0.0134. The number of nitrogens with zero attached hydrogens (tertiary/aromatic N) is 4. The van der Waals surface area contributed by atoms with Gasteiger partial charge >= 0.3 is 0 Å². The number of hydrogen-bond donors (Lipinski definition) is 2. The Balaban J connectivity index is 1.74. The van der Waals surface area contributed by atoms with E-state index in [0.29, 0.717) is 17.1 Å². The van der Waals surface area contributed by atoms with Crippen molar-refractivity contribution in [3.8, 4) is 11.3 Å². The summed E-state index contributed by atoms with van der Waals surface area (Å²) in [4.78, 5) is 11.4. The molecule has 0 saturated heterocycles. The standard InChI is InChI=1S/C14H12N6O2/c1-9(21)10-3-2-4-11(7-10)13-6-5-12(22-13)8-15-16-14-17-19-20-18-14/h2-8H,1H3,(H2,16,17,18,19,20)/b15-8-. The maximum atomic E-state index is 11.4. The van der Waals surface area contributed by atoms with Gasteiger partial charge in [-0.05, 0) is 30.3 Å². The molecule has 3 rings (SSSR count). The van der Waals surface area contributed by atoms with Crippen LogP contribution in [0.2, 0.25) is 0 Å². The number of Topliss-reactive ketones (excluding diaryl/α,β-unsaturated/α-hetero) is 1. The summed E-state index contributed by atoms with van der Waals surface area (Å²) in [6, 6.07) is 10.8. The summed E-state index contributed by atoms with van der Waals surface area (Å²) in [7, 11) is 0. The zero-order valence-corrected chi connectivity index (χ0v) is 11.6. The summed E-state index contributed by atoms with van der Waals surface area (Å²) in [5.74, 6) is 1.49. The van der Waals surface area contributed by atoms with Crippen molar-refractivity contribution in [1.82, 2.24) is 20.6 Å². The molecule has 2 heterocycles. The quantitative estimate of drug-likeness (QED) is 0.424. The number of hydrazone groups is 1. The number of carbonyl (C=O) groups is 1. The van der Waals surface area contributed by atoms with Crippen LogP contribution in [-0.4, -0.2) is 32.6 Å². The predicted molar refractivity (Wildman–Crippen MR) is 79.5 cm³/mol. The van der Waals surface area contributed by atoms with E-state index in [-0.39, 0.29) is 11.7 Å². The van der Waals surface area contributed by atoms with Crippen LogP contribution in [0.25, 0.3) is 11.3 Å². The molecule has 0 spiro atoms. The number of H-pyrrole nitrogens is 1. The molecule has 0 atom stereocenters. The molecule has 0 fully saturated rings. The molecule has 3 aromatic rings. The monoisotopic (exact) mass is 296 g/mol. The molecular formula is C14H12N6O2. The summed E-state index contributed by atoms with van der Waals surface area (Å²) < 4.78 is 5.66. The van der Waals surface area contributed by atoms with Gasteiger partial charge in [0, 0.05) is 11.1 Å². The van der Waals surface area contributed by atoms with Gasteiger partial charge in [0.15, 0.2) is 5.78 Å². The van der Waals surface area contributed by atoms with Crippen LogP contribution in [0.5, 0.6) is 0 Å². The van der Waals surface area contributed by atoms with E-state index in [2.05, 4.69) is 31.2 Å². The first kappa shape index (κ1) is 13.7. The number of hydrogen-bond acceptors (Lipinski definition) is 7. The molecular weight excluding hydrogens is 284 g/mol. The van der Waals surface area contributed by atoms with Crippen molar-refractivity contribution < 1.29 is 9.21 Å². The topological polar surface area (TPSA) is 109 Å². The van der Waals surface area contributed by atoms with E-state index in [1.807, 2.05) is 18.2 Å². The number of aromatic nitrogens is 4. The van der Waals surface area contributed by atoms with Crippen molar-refractivity contribution >= 4 is 17.9 Å². The lowest BCUT2D eigenvalue weighted by Crippen LogP contribution is -1.92. The summed E-state index contributed by atoms with van der Waals surface area (Å²) in [6.45, 7) is 1.53. The first-order chi connectivity index (χ1) is 10.7. The maximum Gasteiger partial charge on any atom is 0.283 e. The van der Waals surface area contributed by atoms with Gasteiger partial charge in [0.25, 0.3) is 5.95 Å². The van der Waals surface area contributed by atoms with Gasteiger partial charge in [0.2, 0.25) is 0 Å². The van der Waals surface area contributed by atoms with Gasteiger partial charge in [-0.15, -0.1) is 5.10 Å². The van der Waals surface area contributed by atoms with E-state index in [1.165, 1.54) is 13.1 Å². The highest BCUT2D eigenvalue weighted by atomic mass is 16.3. The third-order valence-corrected chi connectivity index (χ3v) is 2.88. The van der Waals surface area contributed by atoms with Crippen molar-refractivity contribution in [3.63, 3.8) is 0 Å². The smallest absolute Gasteiger partial charge is 0.283 e. The normalized spacial score (nSPS) is 11.0. The number of furan rings is 1. The van der Waals surface area contributed by atoms with Gasteiger partial charge in [-0.2, -0.15) is 10.3 Å². The molecule has 1 aromatic carbocycles. The Kier molecular flexibility index (Phi) is 3.73. The second kappa shape index (κ2) is 6.00. The zero-order valence-electron chi connectivity index (χ0n) is 11.6. The summed E-state index contributed by atoms with van der Waals surface area (Å²) in [5, 5.41) is 17.0. The molecule has 0 bridgehead atoms. The molecule has 0 amide bonds. The third-order valence-electron chi connectivity index (χ3n) is 2.88. The van der Waals surface area contributed by atoms with E-state index >= 15 is 0 Å². The summed E-state index contributed by atoms with van der Waals surface area (Å²) in [6.07, 6.45) is 1.49. The van der Waals surface area contributed by atoms with Crippen molar-refractivity contribution in [2.45, 2.75) is 6.92 Å². The number of ketones is 1. The van der Waals surface area contributed by atoms with Gasteiger partial charge in [-0.25, -0.2) is 5.43 Å². The lowest BCUT2D eigenvalue weighted by molar-refractivity contribution is 0.101. The molecule has 8 nitrogen and oxygen atoms in total. The number of tetrazole rings is 1. The van der Waals surface area contributed by atoms with Crippen molar-refractivity contribution in [1.29, 1.82) is 0 Å². The van der Waals surface area contributed by atoms with Gasteiger partial charge in [0.05, 0.1) is 6.21 Å². The van der Waals surface area contributed by atoms with Crippen molar-refractivity contribution in [2.75, 3.05) is 5.43 Å². The summed E-state index contributed by atoms with van der Waals surface area (Å²) >= 11 is 0. The molecule has 2 N–H and O–H groups in total. The van der Waals surface area contributed by atoms with E-state index < -0.39 is 0 Å². The van der Waals surface area contributed by atoms with E-state index in [4.69, 9.17) is 4.42 Å². The highest BCUT2D eigenvalue weighted by Crippen LogP contribution is 2.22. The fraction of sp³-hybridized carbons (Fsp3) is 0.0714. The van der Waals surface area contributed by atoms with Gasteiger partial charge in [0.1, 0.15) is 11.5 Å². The van der Waals surface area contributed by atoms with Crippen LogP contribution >= 0.6 is 0 Å². The largest absolute Gasteiger partial charge is 0.455 e. The molecule has 110 valence electrons. The number of aromatic amines is 1. The first-order valence-corrected chi connectivity index (χ1v) is 6.46. The van der Waals surface area contributed by atoms with E-state index in [9.17, 15) is 4.79 Å². The van der Waals surface area contributed by atoms with Crippen LogP contribution < -0.4 is 5.43 Å². The predicted octanol–water partition coefficient (Wildman–Crippen LogP) is 2.11. The van der Waals surface area contributed by atoms with Crippen molar-refractivity contribution in [2.24, 2.45) is 5.10 Å². The second-order valence-corrected chi connectivity index (χ2v) is 4.44. The van der Waals surface area contributed by atoms with Crippen LogP contribution in [0.3, 0.4) is 0 Å². The minimum Gasteiger partial charge on any atom is -0.455 e. The molecule has 0 aliphatic rings. The Morgan fingerprint density at radius 2 is 2.27 bits per heavy atom. The Morgan fingerprint density at radius 3 is 3.05 bits per heavy atom. The number of rotatable bonds is 5. The molecule has 22 heavy (non-hydrogen) atoms. The third kappa shape index (κ3) is 3.06. The fourth-order valence-electron chi connectivity index (χ4n) is 1.83. The Morgan fingerprint density at radius 1 is 1.36 bits per heavy atom. The minimum atomic E-state index is 0.0134. The van der Waals surface area contributed by atoms with Crippen LogP contribution in [-0.2, 0) is 0 Å². The Bertz CT molecular complexity index is 806. The van der Waals surface area contributed by atoms with Gasteiger partial charge < -0.3 is 4.42 Å². The number of nitrogens with one attached hydrogen (secondary N) is 2. The SMILES string of the molecule is CC(=O)c1cccc(-c2ccc(/C=N\Nc3nn[nH]n3)o2)c1. The lowest BCUT2D eigenvalue weighted by atomic mass is 10.1. The fourth-order valence-corrected chi connectivity index (χ4v) is 1.83. The highest BCUT2D eigenvalue weighted by Gasteiger charge is 2.06. The van der Waals surface area contributed by atoms with Crippen LogP contribution in [0, 0.1) is 0 Å². The van der Waals surface area contributed by atoms with E-state index in [0.717, 1.165) is 5.56 Å². The lowest BCUT2D eigenvalue weighted by Gasteiger charge is -1.99.